The van der Waals surface area contributed by atoms with Crippen LogP contribution in [0.25, 0.3) is 0 Å². The third kappa shape index (κ3) is 2.83. The molecule has 84 valence electrons. The maximum Gasteiger partial charge on any atom is 0.240 e. The predicted molar refractivity (Wildman–Crippen MR) is 58.4 cm³/mol. The lowest BCUT2D eigenvalue weighted by molar-refractivity contribution is -0.127. The Morgan fingerprint density at radius 2 is 2.20 bits per heavy atom. The maximum absolute atomic E-state index is 11.8. The van der Waals surface area contributed by atoms with Gasteiger partial charge in [0, 0.05) is 0 Å². The summed E-state index contributed by atoms with van der Waals surface area (Å²) in [4.78, 5) is 11.8. The van der Waals surface area contributed by atoms with Crippen molar-refractivity contribution in [1.82, 2.24) is 10.6 Å². The number of likely N-dealkylation sites (N-methyl/N-ethyl adjacent to an activating group) is 1. The molecule has 1 aromatic heterocycles. The molecular formula is C11H18N2O2. The fraction of sp³-hybridized carbons (Fsp3) is 0.545. The van der Waals surface area contributed by atoms with E-state index in [-0.39, 0.29) is 11.9 Å². The van der Waals surface area contributed by atoms with Gasteiger partial charge in [-0.05, 0) is 40.0 Å². The molecule has 0 radical (unpaired) electrons. The second-order valence-electron chi connectivity index (χ2n) is 4.09. The molecule has 1 rings (SSSR count). The zero-order valence-electron chi connectivity index (χ0n) is 9.63. The Morgan fingerprint density at radius 3 is 2.67 bits per heavy atom. The third-order valence-corrected chi connectivity index (χ3v) is 2.51. The first-order valence-corrected chi connectivity index (χ1v) is 5.00. The van der Waals surface area contributed by atoms with Crippen LogP contribution in [0.1, 0.15) is 32.6 Å². The standard InChI is InChI=1S/C11H18N2O2/c1-8(9-6-5-7-15-9)13-10(14)11(2,3)12-4/h5-8,12H,1-4H3,(H,13,14)/t8-/m0/s1. The Morgan fingerprint density at radius 1 is 1.53 bits per heavy atom. The minimum Gasteiger partial charge on any atom is -0.467 e. The summed E-state index contributed by atoms with van der Waals surface area (Å²) in [5, 5.41) is 5.83. The fourth-order valence-corrected chi connectivity index (χ4v) is 1.10. The van der Waals surface area contributed by atoms with Crippen LogP contribution in [0.3, 0.4) is 0 Å². The van der Waals surface area contributed by atoms with E-state index in [0.29, 0.717) is 0 Å². The van der Waals surface area contributed by atoms with Gasteiger partial charge in [0.05, 0.1) is 17.8 Å². The molecule has 1 amide bonds. The molecule has 4 nitrogen and oxygen atoms in total. The van der Waals surface area contributed by atoms with Gasteiger partial charge in [-0.15, -0.1) is 0 Å². The number of hydrogen-bond acceptors (Lipinski definition) is 3. The zero-order valence-corrected chi connectivity index (χ0v) is 9.63. The summed E-state index contributed by atoms with van der Waals surface area (Å²) in [7, 11) is 1.76. The van der Waals surface area contributed by atoms with E-state index in [2.05, 4.69) is 10.6 Å². The summed E-state index contributed by atoms with van der Waals surface area (Å²) >= 11 is 0. The lowest BCUT2D eigenvalue weighted by atomic mass is 10.0. The molecule has 0 fully saturated rings. The lowest BCUT2D eigenvalue weighted by Gasteiger charge is -2.24. The molecule has 2 N–H and O–H groups in total. The third-order valence-electron chi connectivity index (χ3n) is 2.51. The molecule has 0 saturated carbocycles. The van der Waals surface area contributed by atoms with Gasteiger partial charge < -0.3 is 15.1 Å². The number of hydrogen-bond donors (Lipinski definition) is 2. The van der Waals surface area contributed by atoms with Gasteiger partial charge in [-0.2, -0.15) is 0 Å². The van der Waals surface area contributed by atoms with Crippen LogP contribution in [0.4, 0.5) is 0 Å². The van der Waals surface area contributed by atoms with Crippen LogP contribution in [0.5, 0.6) is 0 Å². The van der Waals surface area contributed by atoms with Gasteiger partial charge in [0.15, 0.2) is 0 Å². The molecule has 0 saturated heterocycles. The van der Waals surface area contributed by atoms with Crippen molar-refractivity contribution in [2.45, 2.75) is 32.4 Å². The Kier molecular flexibility index (Phi) is 3.52. The van der Waals surface area contributed by atoms with Crippen LogP contribution in [-0.2, 0) is 4.79 Å². The fourth-order valence-electron chi connectivity index (χ4n) is 1.10. The van der Waals surface area contributed by atoms with E-state index in [0.717, 1.165) is 5.76 Å². The van der Waals surface area contributed by atoms with Gasteiger partial charge in [0.25, 0.3) is 0 Å². The molecule has 0 aliphatic rings. The van der Waals surface area contributed by atoms with Crippen molar-refractivity contribution < 1.29 is 9.21 Å². The highest BCUT2D eigenvalue weighted by Gasteiger charge is 2.26. The van der Waals surface area contributed by atoms with E-state index in [1.54, 1.807) is 19.4 Å². The maximum atomic E-state index is 11.8. The van der Waals surface area contributed by atoms with E-state index in [1.165, 1.54) is 0 Å². The average molecular weight is 210 g/mol. The predicted octanol–water partition coefficient (Wildman–Crippen LogP) is 1.45. The van der Waals surface area contributed by atoms with Crippen LogP contribution in [0.15, 0.2) is 22.8 Å². The topological polar surface area (TPSA) is 54.3 Å². The van der Waals surface area contributed by atoms with E-state index < -0.39 is 5.54 Å². The van der Waals surface area contributed by atoms with Crippen molar-refractivity contribution >= 4 is 5.91 Å². The van der Waals surface area contributed by atoms with E-state index in [9.17, 15) is 4.79 Å². The Bertz CT molecular complexity index is 317. The van der Waals surface area contributed by atoms with Crippen molar-refractivity contribution in [2.24, 2.45) is 0 Å². The van der Waals surface area contributed by atoms with Crippen molar-refractivity contribution in [3.8, 4) is 0 Å². The summed E-state index contributed by atoms with van der Waals surface area (Å²) in [5.74, 6) is 0.712. The van der Waals surface area contributed by atoms with Gasteiger partial charge >= 0.3 is 0 Å². The molecule has 1 atom stereocenters. The monoisotopic (exact) mass is 210 g/mol. The van der Waals surface area contributed by atoms with E-state index in [4.69, 9.17) is 4.42 Å². The SMILES string of the molecule is CNC(C)(C)C(=O)N[C@@H](C)c1ccco1. The minimum atomic E-state index is -0.569. The summed E-state index contributed by atoms with van der Waals surface area (Å²) in [5.41, 5.74) is -0.569. The first kappa shape index (κ1) is 11.8. The summed E-state index contributed by atoms with van der Waals surface area (Å²) in [6, 6.07) is 3.54. The molecular weight excluding hydrogens is 192 g/mol. The second-order valence-corrected chi connectivity index (χ2v) is 4.09. The van der Waals surface area contributed by atoms with Crippen LogP contribution < -0.4 is 10.6 Å². The van der Waals surface area contributed by atoms with E-state index >= 15 is 0 Å². The number of rotatable bonds is 4. The summed E-state index contributed by atoms with van der Waals surface area (Å²) < 4.78 is 5.21. The molecule has 0 bridgehead atoms. The Labute approximate surface area is 90.0 Å². The quantitative estimate of drug-likeness (QED) is 0.791. The first-order valence-electron chi connectivity index (χ1n) is 5.00. The van der Waals surface area contributed by atoms with Gasteiger partial charge in [0.2, 0.25) is 5.91 Å². The van der Waals surface area contributed by atoms with Crippen molar-refractivity contribution in [1.29, 1.82) is 0 Å². The highest BCUT2D eigenvalue weighted by atomic mass is 16.3. The largest absolute Gasteiger partial charge is 0.467 e. The summed E-state index contributed by atoms with van der Waals surface area (Å²) in [6.45, 7) is 5.55. The molecule has 0 spiro atoms. The van der Waals surface area contributed by atoms with Gasteiger partial charge in [-0.3, -0.25) is 4.79 Å². The molecule has 1 aromatic rings. The second kappa shape index (κ2) is 4.49. The van der Waals surface area contributed by atoms with Crippen LogP contribution >= 0.6 is 0 Å². The normalized spacial score (nSPS) is 13.6. The Hall–Kier alpha value is -1.29. The van der Waals surface area contributed by atoms with Crippen molar-refractivity contribution in [2.75, 3.05) is 7.05 Å². The number of carbonyl (C=O) groups is 1. The number of nitrogens with one attached hydrogen (secondary N) is 2. The van der Waals surface area contributed by atoms with Gasteiger partial charge in [-0.25, -0.2) is 0 Å². The molecule has 0 aliphatic heterocycles. The zero-order chi connectivity index (χ0) is 11.5. The Balaban J connectivity index is 2.60. The smallest absolute Gasteiger partial charge is 0.240 e. The molecule has 4 heteroatoms. The number of carbonyl (C=O) groups excluding carboxylic acids is 1. The number of furan rings is 1. The van der Waals surface area contributed by atoms with Crippen molar-refractivity contribution in [3.05, 3.63) is 24.2 Å². The molecule has 0 aromatic carbocycles. The first-order chi connectivity index (χ1) is 6.97. The highest BCUT2D eigenvalue weighted by Crippen LogP contribution is 2.13. The van der Waals surface area contributed by atoms with E-state index in [1.807, 2.05) is 26.8 Å². The molecule has 0 aliphatic carbocycles. The molecule has 0 unspecified atom stereocenters. The van der Waals surface area contributed by atoms with Crippen LogP contribution in [0, 0.1) is 0 Å². The number of amides is 1. The lowest BCUT2D eigenvalue weighted by Crippen LogP contribution is -2.51. The molecule has 1 heterocycles. The van der Waals surface area contributed by atoms with Crippen LogP contribution in [-0.4, -0.2) is 18.5 Å². The van der Waals surface area contributed by atoms with Crippen molar-refractivity contribution in [3.63, 3.8) is 0 Å². The minimum absolute atomic E-state index is 0.0473. The highest BCUT2D eigenvalue weighted by molar-refractivity contribution is 5.85. The van der Waals surface area contributed by atoms with Gasteiger partial charge in [0.1, 0.15) is 5.76 Å². The van der Waals surface area contributed by atoms with Crippen LogP contribution in [0.2, 0.25) is 0 Å². The van der Waals surface area contributed by atoms with Gasteiger partial charge in [-0.1, -0.05) is 0 Å². The average Bonchev–Trinajstić information content (AvgIpc) is 2.70. The molecule has 15 heavy (non-hydrogen) atoms. The summed E-state index contributed by atoms with van der Waals surface area (Å²) in [6.07, 6.45) is 1.60.